The summed E-state index contributed by atoms with van der Waals surface area (Å²) < 4.78 is 26.8. The molecular formula is C15H10F2N4O. The zero-order valence-electron chi connectivity index (χ0n) is 11.2. The van der Waals surface area contributed by atoms with Crippen molar-refractivity contribution in [3.8, 4) is 17.1 Å². The number of hydrogen-bond acceptors (Lipinski definition) is 5. The maximum Gasteiger partial charge on any atom is 0.227 e. The number of rotatable bonds is 3. The van der Waals surface area contributed by atoms with Crippen molar-refractivity contribution in [2.24, 2.45) is 0 Å². The number of benzene rings is 1. The highest BCUT2D eigenvalue weighted by Gasteiger charge is 2.09. The molecule has 2 heterocycles. The van der Waals surface area contributed by atoms with Crippen LogP contribution >= 0.6 is 0 Å². The van der Waals surface area contributed by atoms with E-state index in [2.05, 4.69) is 20.3 Å². The van der Waals surface area contributed by atoms with Crippen LogP contribution in [0.2, 0.25) is 0 Å². The van der Waals surface area contributed by atoms with E-state index in [-0.39, 0.29) is 17.5 Å². The van der Waals surface area contributed by atoms with Gasteiger partial charge in [-0.3, -0.25) is 0 Å². The van der Waals surface area contributed by atoms with Crippen LogP contribution in [0.15, 0.2) is 48.8 Å². The van der Waals surface area contributed by atoms with Crippen molar-refractivity contribution in [2.45, 2.75) is 0 Å². The molecule has 0 unspecified atom stereocenters. The van der Waals surface area contributed by atoms with Gasteiger partial charge in [0, 0.05) is 24.0 Å². The van der Waals surface area contributed by atoms with Gasteiger partial charge in [-0.2, -0.15) is 0 Å². The van der Waals surface area contributed by atoms with E-state index in [0.29, 0.717) is 11.3 Å². The van der Waals surface area contributed by atoms with E-state index in [0.717, 1.165) is 6.07 Å². The first kappa shape index (κ1) is 13.9. The molecular weight excluding hydrogens is 290 g/mol. The van der Waals surface area contributed by atoms with Crippen molar-refractivity contribution in [3.05, 3.63) is 60.4 Å². The van der Waals surface area contributed by atoms with E-state index in [9.17, 15) is 13.9 Å². The minimum atomic E-state index is -1.00. The average molecular weight is 300 g/mol. The molecule has 2 aromatic heterocycles. The van der Waals surface area contributed by atoms with Gasteiger partial charge in [-0.1, -0.05) is 6.07 Å². The smallest absolute Gasteiger partial charge is 0.227 e. The van der Waals surface area contributed by atoms with Crippen LogP contribution in [0.4, 0.5) is 20.4 Å². The molecule has 0 saturated heterocycles. The molecule has 0 fully saturated rings. The number of anilines is 2. The zero-order valence-corrected chi connectivity index (χ0v) is 11.2. The maximum absolute atomic E-state index is 13.6. The monoisotopic (exact) mass is 300 g/mol. The predicted octanol–water partition coefficient (Wildman–Crippen LogP) is 3.27. The van der Waals surface area contributed by atoms with Crippen molar-refractivity contribution in [1.29, 1.82) is 0 Å². The van der Waals surface area contributed by atoms with Crippen LogP contribution < -0.4 is 5.32 Å². The quantitative estimate of drug-likeness (QED) is 0.777. The largest absolute Gasteiger partial charge is 0.493 e. The Labute approximate surface area is 124 Å². The molecule has 0 amide bonds. The molecule has 7 heteroatoms. The average Bonchev–Trinajstić information content (AvgIpc) is 2.52. The van der Waals surface area contributed by atoms with Gasteiger partial charge in [0.2, 0.25) is 11.8 Å². The summed E-state index contributed by atoms with van der Waals surface area (Å²) in [6.07, 6.45) is 2.91. The van der Waals surface area contributed by atoms with Crippen LogP contribution in [0.3, 0.4) is 0 Å². The number of aromatic hydroxyl groups is 1. The van der Waals surface area contributed by atoms with Crippen LogP contribution in [0.5, 0.6) is 5.88 Å². The van der Waals surface area contributed by atoms with Crippen LogP contribution in [0, 0.1) is 11.6 Å². The Kier molecular flexibility index (Phi) is 3.61. The van der Waals surface area contributed by atoms with Gasteiger partial charge in [-0.15, -0.1) is 0 Å². The number of hydrogen-bond donors (Lipinski definition) is 2. The minimum absolute atomic E-state index is 0.0604. The summed E-state index contributed by atoms with van der Waals surface area (Å²) in [5, 5.41) is 12.0. The lowest BCUT2D eigenvalue weighted by Crippen LogP contribution is -2.01. The Morgan fingerprint density at radius 1 is 1.00 bits per heavy atom. The molecule has 110 valence electrons. The van der Waals surface area contributed by atoms with Gasteiger partial charge in [0.15, 0.2) is 11.6 Å². The third-order valence-electron chi connectivity index (χ3n) is 2.89. The third-order valence-corrected chi connectivity index (χ3v) is 2.89. The van der Waals surface area contributed by atoms with Gasteiger partial charge in [-0.05, 0) is 24.3 Å². The number of halogens is 2. The molecule has 0 atom stereocenters. The summed E-state index contributed by atoms with van der Waals surface area (Å²) in [6, 6.07) is 8.52. The topological polar surface area (TPSA) is 70.9 Å². The molecule has 0 aliphatic heterocycles. The van der Waals surface area contributed by atoms with Crippen molar-refractivity contribution >= 4 is 11.6 Å². The highest BCUT2D eigenvalue weighted by atomic mass is 19.2. The number of nitrogens with one attached hydrogen (secondary N) is 1. The molecule has 0 radical (unpaired) electrons. The standard InChI is InChI=1S/C15H10F2N4O/c16-10-2-1-3-12(14(10)17)21-15-19-7-5-11(20-15)9-4-6-18-13(22)8-9/h1-8H,(H,18,22)(H,19,20,21). The van der Waals surface area contributed by atoms with E-state index in [1.807, 2.05) is 0 Å². The van der Waals surface area contributed by atoms with Gasteiger partial charge in [0.1, 0.15) is 0 Å². The van der Waals surface area contributed by atoms with Gasteiger partial charge in [-0.25, -0.2) is 23.7 Å². The van der Waals surface area contributed by atoms with E-state index < -0.39 is 11.6 Å². The van der Waals surface area contributed by atoms with Gasteiger partial charge < -0.3 is 10.4 Å². The second kappa shape index (κ2) is 5.72. The lowest BCUT2D eigenvalue weighted by atomic mass is 10.2. The molecule has 22 heavy (non-hydrogen) atoms. The molecule has 0 saturated carbocycles. The summed E-state index contributed by atoms with van der Waals surface area (Å²) in [6.45, 7) is 0. The summed E-state index contributed by atoms with van der Waals surface area (Å²) in [7, 11) is 0. The van der Waals surface area contributed by atoms with Crippen molar-refractivity contribution in [2.75, 3.05) is 5.32 Å². The van der Waals surface area contributed by atoms with Gasteiger partial charge in [0.25, 0.3) is 0 Å². The van der Waals surface area contributed by atoms with Crippen LogP contribution in [-0.2, 0) is 0 Å². The molecule has 0 aliphatic carbocycles. The molecule has 2 N–H and O–H groups in total. The normalized spacial score (nSPS) is 10.5. The highest BCUT2D eigenvalue weighted by molar-refractivity contribution is 5.62. The molecule has 3 aromatic rings. The molecule has 0 aliphatic rings. The zero-order chi connectivity index (χ0) is 15.5. The first-order valence-corrected chi connectivity index (χ1v) is 6.33. The number of pyridine rings is 1. The van der Waals surface area contributed by atoms with E-state index in [4.69, 9.17) is 0 Å². The molecule has 5 nitrogen and oxygen atoms in total. The van der Waals surface area contributed by atoms with Gasteiger partial charge in [0.05, 0.1) is 11.4 Å². The lowest BCUT2D eigenvalue weighted by molar-refractivity contribution is 0.454. The van der Waals surface area contributed by atoms with Crippen LogP contribution in [0.1, 0.15) is 0 Å². The maximum atomic E-state index is 13.6. The Morgan fingerprint density at radius 2 is 1.82 bits per heavy atom. The lowest BCUT2D eigenvalue weighted by Gasteiger charge is -2.08. The summed E-state index contributed by atoms with van der Waals surface area (Å²) in [4.78, 5) is 11.8. The molecule has 1 aromatic carbocycles. The van der Waals surface area contributed by atoms with Crippen LogP contribution in [-0.4, -0.2) is 20.1 Å². The fraction of sp³-hybridized carbons (Fsp3) is 0. The van der Waals surface area contributed by atoms with E-state index >= 15 is 0 Å². The first-order valence-electron chi connectivity index (χ1n) is 6.33. The SMILES string of the molecule is Oc1cc(-c2ccnc(Nc3cccc(F)c3F)n2)ccn1. The van der Waals surface area contributed by atoms with E-state index in [1.54, 1.807) is 12.1 Å². The van der Waals surface area contributed by atoms with Crippen LogP contribution in [0.25, 0.3) is 11.3 Å². The summed E-state index contributed by atoms with van der Waals surface area (Å²) in [5.74, 6) is -1.99. The summed E-state index contributed by atoms with van der Waals surface area (Å²) >= 11 is 0. The van der Waals surface area contributed by atoms with Gasteiger partial charge >= 0.3 is 0 Å². The Hall–Kier alpha value is -3.09. The Balaban J connectivity index is 1.93. The first-order chi connectivity index (χ1) is 10.6. The summed E-state index contributed by atoms with van der Waals surface area (Å²) in [5.41, 5.74) is 1.07. The second-order valence-electron chi connectivity index (χ2n) is 4.39. The Morgan fingerprint density at radius 3 is 2.64 bits per heavy atom. The van der Waals surface area contributed by atoms with Crippen molar-refractivity contribution in [1.82, 2.24) is 15.0 Å². The fourth-order valence-corrected chi connectivity index (χ4v) is 1.88. The van der Waals surface area contributed by atoms with E-state index in [1.165, 1.54) is 30.6 Å². The van der Waals surface area contributed by atoms with Crippen molar-refractivity contribution < 1.29 is 13.9 Å². The number of aromatic nitrogens is 3. The minimum Gasteiger partial charge on any atom is -0.493 e. The fourth-order valence-electron chi connectivity index (χ4n) is 1.88. The predicted molar refractivity (Wildman–Crippen MR) is 76.6 cm³/mol. The number of nitrogens with zero attached hydrogens (tertiary/aromatic N) is 3. The molecule has 0 spiro atoms. The third kappa shape index (κ3) is 2.83. The second-order valence-corrected chi connectivity index (χ2v) is 4.39. The molecule has 3 rings (SSSR count). The highest BCUT2D eigenvalue weighted by Crippen LogP contribution is 2.23. The Bertz CT molecular complexity index is 826. The molecule has 0 bridgehead atoms. The van der Waals surface area contributed by atoms with Crippen molar-refractivity contribution in [3.63, 3.8) is 0 Å².